The van der Waals surface area contributed by atoms with Gasteiger partial charge in [0.25, 0.3) is 0 Å². The molecule has 0 saturated carbocycles. The van der Waals surface area contributed by atoms with Gasteiger partial charge in [0.05, 0.1) is 16.5 Å². The number of benzene rings is 10. The van der Waals surface area contributed by atoms with Gasteiger partial charge in [-0.15, -0.1) is 0 Å². The highest BCUT2D eigenvalue weighted by Crippen LogP contribution is 2.58. The molecular weight excluding hydrogens is 779 g/mol. The average molecular weight is 818 g/mol. The molecule has 0 radical (unpaired) electrons. The summed E-state index contributed by atoms with van der Waals surface area (Å²) in [6.07, 6.45) is 0. The lowest BCUT2D eigenvalue weighted by atomic mass is 9.67. The highest BCUT2D eigenvalue weighted by Gasteiger charge is 2.46. The van der Waals surface area contributed by atoms with Crippen LogP contribution in [0.3, 0.4) is 0 Å². The van der Waals surface area contributed by atoms with Crippen LogP contribution in [0.25, 0.3) is 77.3 Å². The molecule has 0 aliphatic heterocycles. The van der Waals surface area contributed by atoms with Gasteiger partial charge in [0.15, 0.2) is 0 Å². The topological polar surface area (TPSA) is 29.5 Å². The largest absolute Gasteiger partial charge is 0.456 e. The van der Waals surface area contributed by atoms with Crippen LogP contribution in [0.5, 0.6) is 0 Å². The van der Waals surface area contributed by atoms with Crippen molar-refractivity contribution in [2.75, 3.05) is 4.90 Å². The SMILES string of the molecule is c1ccc(-c2ccc(N(c3ccc(-c4cccc5c4oc4ccccc45)cc3)c3cccc4oc5cc6c(cc5c34)-c3ccccc3C6(c3ccccc3)c3ccccc3)cc2)cc1. The Kier molecular flexibility index (Phi) is 8.13. The molecule has 12 aromatic rings. The maximum absolute atomic E-state index is 6.99. The summed E-state index contributed by atoms with van der Waals surface area (Å²) < 4.78 is 13.5. The van der Waals surface area contributed by atoms with Crippen molar-refractivity contribution in [3.8, 4) is 33.4 Å². The Morgan fingerprint density at radius 3 is 1.62 bits per heavy atom. The first kappa shape index (κ1) is 36.3. The molecule has 0 unspecified atom stereocenters. The van der Waals surface area contributed by atoms with Gasteiger partial charge >= 0.3 is 0 Å². The highest BCUT2D eigenvalue weighted by molar-refractivity contribution is 6.15. The number of hydrogen-bond acceptors (Lipinski definition) is 3. The molecule has 0 N–H and O–H groups in total. The quantitative estimate of drug-likeness (QED) is 0.160. The summed E-state index contributed by atoms with van der Waals surface area (Å²) in [5, 5.41) is 4.39. The molecule has 0 amide bonds. The molecule has 64 heavy (non-hydrogen) atoms. The number of para-hydroxylation sites is 2. The van der Waals surface area contributed by atoms with Crippen LogP contribution < -0.4 is 4.90 Å². The molecule has 0 bridgehead atoms. The molecule has 1 aliphatic carbocycles. The van der Waals surface area contributed by atoms with E-state index in [1.165, 1.54) is 44.5 Å². The van der Waals surface area contributed by atoms with Gasteiger partial charge in [0.1, 0.15) is 22.3 Å². The molecule has 300 valence electrons. The molecule has 10 aromatic carbocycles. The van der Waals surface area contributed by atoms with Crippen LogP contribution in [-0.2, 0) is 5.41 Å². The minimum Gasteiger partial charge on any atom is -0.456 e. The first-order valence-corrected chi connectivity index (χ1v) is 21.9. The monoisotopic (exact) mass is 817 g/mol. The second-order valence-electron chi connectivity index (χ2n) is 16.7. The van der Waals surface area contributed by atoms with Gasteiger partial charge in [-0.1, -0.05) is 182 Å². The summed E-state index contributed by atoms with van der Waals surface area (Å²) in [5.74, 6) is 0. The lowest BCUT2D eigenvalue weighted by Crippen LogP contribution is -2.28. The van der Waals surface area contributed by atoms with Gasteiger partial charge < -0.3 is 13.7 Å². The van der Waals surface area contributed by atoms with Crippen molar-refractivity contribution in [3.63, 3.8) is 0 Å². The molecule has 13 rings (SSSR count). The standard InChI is InChI=1S/C61H39NO2/c1-4-16-40(17-5-1)41-30-34-45(35-31-41)62(46-36-32-42(33-37-46)47-24-14-25-50-49-23-11-13-28-56(49)64-60(47)50)55-27-15-29-57-59(55)52-38-51-48-22-10-12-26-53(48)61(43-18-6-2-7-19-43,44-20-8-3-9-21-44)54(51)39-58(52)63-57/h1-39H. The third-order valence-corrected chi connectivity index (χ3v) is 13.4. The summed E-state index contributed by atoms with van der Waals surface area (Å²) >= 11 is 0. The van der Waals surface area contributed by atoms with Crippen molar-refractivity contribution in [2.24, 2.45) is 0 Å². The Bertz CT molecular complexity index is 3660. The Balaban J connectivity index is 1.02. The zero-order valence-corrected chi connectivity index (χ0v) is 34.8. The lowest BCUT2D eigenvalue weighted by Gasteiger charge is -2.33. The van der Waals surface area contributed by atoms with E-state index < -0.39 is 5.41 Å². The summed E-state index contributed by atoms with van der Waals surface area (Å²) in [6, 6.07) is 85.0. The zero-order chi connectivity index (χ0) is 42.2. The molecule has 0 atom stereocenters. The van der Waals surface area contributed by atoms with E-state index in [-0.39, 0.29) is 0 Å². The van der Waals surface area contributed by atoms with Crippen LogP contribution in [0, 0.1) is 0 Å². The molecular formula is C61H39NO2. The summed E-state index contributed by atoms with van der Waals surface area (Å²) in [5.41, 5.74) is 18.0. The third-order valence-electron chi connectivity index (χ3n) is 13.4. The van der Waals surface area contributed by atoms with E-state index in [1.807, 2.05) is 12.1 Å². The first-order valence-electron chi connectivity index (χ1n) is 21.9. The maximum atomic E-state index is 6.99. The van der Waals surface area contributed by atoms with Crippen molar-refractivity contribution >= 4 is 60.9 Å². The van der Waals surface area contributed by atoms with Crippen LogP contribution in [0.15, 0.2) is 245 Å². The van der Waals surface area contributed by atoms with Gasteiger partial charge in [0, 0.05) is 33.1 Å². The van der Waals surface area contributed by atoms with E-state index in [0.717, 1.165) is 72.1 Å². The predicted molar refractivity (Wildman–Crippen MR) is 264 cm³/mol. The normalized spacial score (nSPS) is 12.8. The van der Waals surface area contributed by atoms with Crippen LogP contribution in [0.1, 0.15) is 22.3 Å². The second-order valence-corrected chi connectivity index (χ2v) is 16.7. The molecule has 0 saturated heterocycles. The van der Waals surface area contributed by atoms with Gasteiger partial charge in [-0.2, -0.15) is 0 Å². The Labute approximate surface area is 370 Å². The van der Waals surface area contributed by atoms with Gasteiger partial charge in [-0.05, 0) is 105 Å². The highest BCUT2D eigenvalue weighted by atomic mass is 16.3. The van der Waals surface area contributed by atoms with Crippen molar-refractivity contribution in [3.05, 3.63) is 259 Å². The fourth-order valence-electron chi connectivity index (χ4n) is 10.6. The van der Waals surface area contributed by atoms with Gasteiger partial charge in [0.2, 0.25) is 0 Å². The van der Waals surface area contributed by atoms with Crippen molar-refractivity contribution in [1.29, 1.82) is 0 Å². The fraction of sp³-hybridized carbons (Fsp3) is 0.0164. The number of rotatable bonds is 7. The summed E-state index contributed by atoms with van der Waals surface area (Å²) in [4.78, 5) is 2.37. The number of hydrogen-bond donors (Lipinski definition) is 0. The Morgan fingerprint density at radius 2 is 0.891 bits per heavy atom. The number of anilines is 3. The number of fused-ring (bicyclic) bond motifs is 9. The number of nitrogens with zero attached hydrogens (tertiary/aromatic N) is 1. The molecule has 0 fully saturated rings. The minimum absolute atomic E-state index is 0.522. The average Bonchev–Trinajstić information content (AvgIpc) is 4.03. The Hall–Kier alpha value is -8.40. The van der Waals surface area contributed by atoms with E-state index in [4.69, 9.17) is 8.83 Å². The van der Waals surface area contributed by atoms with E-state index in [2.05, 4.69) is 229 Å². The fourth-order valence-corrected chi connectivity index (χ4v) is 10.6. The smallest absolute Gasteiger partial charge is 0.143 e. The van der Waals surface area contributed by atoms with E-state index in [9.17, 15) is 0 Å². The maximum Gasteiger partial charge on any atom is 0.143 e. The van der Waals surface area contributed by atoms with E-state index in [0.29, 0.717) is 0 Å². The van der Waals surface area contributed by atoms with Crippen molar-refractivity contribution < 1.29 is 8.83 Å². The minimum atomic E-state index is -0.522. The summed E-state index contributed by atoms with van der Waals surface area (Å²) in [6.45, 7) is 0. The molecule has 2 heterocycles. The van der Waals surface area contributed by atoms with Crippen molar-refractivity contribution in [2.45, 2.75) is 5.41 Å². The van der Waals surface area contributed by atoms with E-state index in [1.54, 1.807) is 0 Å². The van der Waals surface area contributed by atoms with E-state index >= 15 is 0 Å². The number of furan rings is 2. The predicted octanol–water partition coefficient (Wildman–Crippen LogP) is 16.7. The molecule has 3 nitrogen and oxygen atoms in total. The third kappa shape index (κ3) is 5.41. The van der Waals surface area contributed by atoms with Crippen LogP contribution in [0.4, 0.5) is 17.1 Å². The van der Waals surface area contributed by atoms with Crippen LogP contribution in [0.2, 0.25) is 0 Å². The zero-order valence-electron chi connectivity index (χ0n) is 34.8. The van der Waals surface area contributed by atoms with Gasteiger partial charge in [-0.3, -0.25) is 0 Å². The first-order chi connectivity index (χ1) is 31.7. The van der Waals surface area contributed by atoms with Crippen LogP contribution in [-0.4, -0.2) is 0 Å². The second kappa shape index (κ2) is 14.3. The molecule has 2 aromatic heterocycles. The Morgan fingerprint density at radius 1 is 0.328 bits per heavy atom. The molecule has 1 aliphatic rings. The molecule has 3 heteroatoms. The summed E-state index contributed by atoms with van der Waals surface area (Å²) in [7, 11) is 0. The van der Waals surface area contributed by atoms with Crippen molar-refractivity contribution in [1.82, 2.24) is 0 Å². The molecule has 0 spiro atoms. The lowest BCUT2D eigenvalue weighted by molar-refractivity contribution is 0.666. The van der Waals surface area contributed by atoms with Crippen LogP contribution >= 0.6 is 0 Å². The van der Waals surface area contributed by atoms with Gasteiger partial charge in [-0.25, -0.2) is 0 Å².